The lowest BCUT2D eigenvalue weighted by molar-refractivity contribution is -0.151. The van der Waals surface area contributed by atoms with E-state index in [-0.39, 0.29) is 42.3 Å². The Bertz CT molecular complexity index is 1580. The molecule has 3 heterocycles. The summed E-state index contributed by atoms with van der Waals surface area (Å²) in [7, 11) is -2.93. The van der Waals surface area contributed by atoms with Crippen molar-refractivity contribution in [2.24, 2.45) is 5.92 Å². The molecular weight excluding hydrogens is 786 g/mol. The van der Waals surface area contributed by atoms with Crippen molar-refractivity contribution in [1.82, 2.24) is 4.90 Å². The summed E-state index contributed by atoms with van der Waals surface area (Å²) in [5.74, 6) is -0.623. The highest BCUT2D eigenvalue weighted by Gasteiger charge is 2.66. The molecule has 1 fully saturated rings. The van der Waals surface area contributed by atoms with E-state index in [9.17, 15) is 19.5 Å². The normalized spacial score (nSPS) is 26.6. The van der Waals surface area contributed by atoms with Crippen molar-refractivity contribution in [2.75, 3.05) is 11.5 Å². The van der Waals surface area contributed by atoms with Gasteiger partial charge in [0.2, 0.25) is 5.91 Å². The molecule has 2 N–H and O–H groups in total. The monoisotopic (exact) mass is 822 g/mol. The molecule has 226 valence electrons. The SMILES string of the molecule is C[C@@H]1[C@@H]([Si](C)(C)O)[C@H](CC(=O)N2Cc3ccccc3C[C@H]2CO)O[C@@]12C(=O)N(Cc1cccc(I)c1)c1ccc(I)cc12. The van der Waals surface area contributed by atoms with E-state index < -0.39 is 20.0 Å². The molecule has 0 aliphatic carbocycles. The summed E-state index contributed by atoms with van der Waals surface area (Å²) >= 11 is 4.54. The number of rotatable bonds is 6. The van der Waals surface area contributed by atoms with Crippen LogP contribution in [-0.4, -0.2) is 53.7 Å². The summed E-state index contributed by atoms with van der Waals surface area (Å²) in [6, 6.07) is 21.8. The molecule has 1 saturated heterocycles. The fraction of sp³-hybridized carbons (Fsp3) is 0.394. The number of nitrogens with zero attached hydrogens (tertiary/aromatic N) is 2. The Kier molecular flexibility index (Phi) is 8.57. The lowest BCUT2D eigenvalue weighted by Gasteiger charge is -2.37. The number of benzene rings is 3. The molecule has 3 aromatic carbocycles. The first-order valence-electron chi connectivity index (χ1n) is 14.7. The van der Waals surface area contributed by atoms with Gasteiger partial charge in [-0.25, -0.2) is 0 Å². The van der Waals surface area contributed by atoms with Gasteiger partial charge in [-0.05, 0) is 112 Å². The Morgan fingerprint density at radius 2 is 1.77 bits per heavy atom. The topological polar surface area (TPSA) is 90.3 Å². The van der Waals surface area contributed by atoms with Gasteiger partial charge >= 0.3 is 0 Å². The van der Waals surface area contributed by atoms with Gasteiger partial charge in [-0.15, -0.1) is 0 Å². The molecule has 0 saturated carbocycles. The molecule has 1 spiro atoms. The summed E-state index contributed by atoms with van der Waals surface area (Å²) in [6.45, 7) is 6.45. The first kappa shape index (κ1) is 31.2. The Morgan fingerprint density at radius 1 is 1.05 bits per heavy atom. The molecule has 3 aliphatic rings. The van der Waals surface area contributed by atoms with E-state index in [1.54, 1.807) is 4.90 Å². The quantitative estimate of drug-likeness (QED) is 0.251. The number of halogens is 2. The molecule has 6 rings (SSSR count). The molecule has 0 bridgehead atoms. The Balaban J connectivity index is 1.36. The zero-order valence-electron chi connectivity index (χ0n) is 24.5. The van der Waals surface area contributed by atoms with E-state index in [0.717, 1.165) is 35.1 Å². The second-order valence-electron chi connectivity index (χ2n) is 12.6. The maximum Gasteiger partial charge on any atom is 0.264 e. The fourth-order valence-electron chi connectivity index (χ4n) is 7.56. The standard InChI is InChI=1S/C33H36I2N2O5Si/c1-20-31(43(2,3)41)29(16-30(39)36-18-23-9-5-4-8-22(23)14-26(36)19-38)42-33(20)27-15-25(35)11-12-28(27)37(32(33)40)17-21-7-6-10-24(34)13-21/h4-13,15,20,26,29,31,38,41H,14,16-19H2,1-3H3/t20-,26+,29+,31-,33+/m1/s1. The van der Waals surface area contributed by atoms with Crippen LogP contribution in [0.3, 0.4) is 0 Å². The van der Waals surface area contributed by atoms with Crippen LogP contribution in [0.2, 0.25) is 18.6 Å². The summed E-state index contributed by atoms with van der Waals surface area (Å²) in [6.07, 6.45) is -0.0143. The van der Waals surface area contributed by atoms with Gasteiger partial charge in [-0.2, -0.15) is 0 Å². The molecule has 43 heavy (non-hydrogen) atoms. The molecule has 7 nitrogen and oxygen atoms in total. The van der Waals surface area contributed by atoms with Crippen molar-refractivity contribution in [1.29, 1.82) is 0 Å². The van der Waals surface area contributed by atoms with Crippen LogP contribution >= 0.6 is 45.2 Å². The van der Waals surface area contributed by atoms with Gasteiger partial charge in [-0.1, -0.05) is 43.3 Å². The number of amides is 2. The molecule has 5 atom stereocenters. The van der Waals surface area contributed by atoms with Crippen molar-refractivity contribution in [3.05, 3.63) is 96.1 Å². The second kappa shape index (κ2) is 11.8. The summed E-state index contributed by atoms with van der Waals surface area (Å²) in [5.41, 5.74) is 3.21. The van der Waals surface area contributed by atoms with Crippen LogP contribution in [0.15, 0.2) is 66.7 Å². The molecule has 3 aromatic rings. The maximum atomic E-state index is 14.6. The number of anilines is 1. The van der Waals surface area contributed by atoms with Gasteiger partial charge in [0.15, 0.2) is 13.9 Å². The number of ether oxygens (including phenoxy) is 1. The molecule has 0 unspecified atom stereocenters. The molecular formula is C33H36I2N2O5Si. The lowest BCUT2D eigenvalue weighted by atomic mass is 9.82. The largest absolute Gasteiger partial charge is 0.432 e. The van der Waals surface area contributed by atoms with Gasteiger partial charge in [-0.3, -0.25) is 9.59 Å². The van der Waals surface area contributed by atoms with E-state index in [1.807, 2.05) is 85.6 Å². The van der Waals surface area contributed by atoms with Crippen molar-refractivity contribution in [2.45, 2.75) is 69.2 Å². The third-order valence-electron chi connectivity index (χ3n) is 9.44. The van der Waals surface area contributed by atoms with Crippen LogP contribution in [0, 0.1) is 13.1 Å². The number of carbonyl (C=O) groups is 2. The van der Waals surface area contributed by atoms with Crippen LogP contribution in [0.4, 0.5) is 5.69 Å². The molecule has 0 radical (unpaired) electrons. The van der Waals surface area contributed by atoms with E-state index in [4.69, 9.17) is 4.74 Å². The lowest BCUT2D eigenvalue weighted by Crippen LogP contribution is -2.48. The Morgan fingerprint density at radius 3 is 2.47 bits per heavy atom. The van der Waals surface area contributed by atoms with Crippen LogP contribution in [-0.2, 0) is 39.4 Å². The summed E-state index contributed by atoms with van der Waals surface area (Å²) in [5, 5.41) is 10.2. The average molecular weight is 823 g/mol. The highest BCUT2D eigenvalue weighted by atomic mass is 127. The van der Waals surface area contributed by atoms with Crippen LogP contribution in [0.25, 0.3) is 0 Å². The predicted molar refractivity (Wildman–Crippen MR) is 185 cm³/mol. The van der Waals surface area contributed by atoms with E-state index in [1.165, 1.54) is 0 Å². The number of hydrogen-bond donors (Lipinski definition) is 2. The third kappa shape index (κ3) is 5.49. The molecule has 2 amide bonds. The first-order chi connectivity index (χ1) is 20.4. The fourth-order valence-corrected chi connectivity index (χ4v) is 11.2. The minimum Gasteiger partial charge on any atom is -0.432 e. The van der Waals surface area contributed by atoms with Gasteiger partial charge < -0.3 is 24.4 Å². The number of hydrogen-bond acceptors (Lipinski definition) is 5. The second-order valence-corrected chi connectivity index (χ2v) is 19.0. The van der Waals surface area contributed by atoms with Crippen molar-refractivity contribution in [3.8, 4) is 0 Å². The van der Waals surface area contributed by atoms with Gasteiger partial charge in [0.25, 0.3) is 5.91 Å². The van der Waals surface area contributed by atoms with Crippen LogP contribution in [0.5, 0.6) is 0 Å². The van der Waals surface area contributed by atoms with Crippen molar-refractivity contribution < 1.29 is 24.2 Å². The summed E-state index contributed by atoms with van der Waals surface area (Å²) in [4.78, 5) is 43.8. The highest BCUT2D eigenvalue weighted by molar-refractivity contribution is 14.1. The van der Waals surface area contributed by atoms with Crippen LogP contribution < -0.4 is 4.90 Å². The zero-order valence-corrected chi connectivity index (χ0v) is 29.8. The van der Waals surface area contributed by atoms with E-state index in [0.29, 0.717) is 19.5 Å². The van der Waals surface area contributed by atoms with Gasteiger partial charge in [0.1, 0.15) is 0 Å². The molecule has 0 aromatic heterocycles. The molecule has 3 aliphatic heterocycles. The number of carbonyl (C=O) groups excluding carboxylic acids is 2. The zero-order chi connectivity index (χ0) is 30.7. The van der Waals surface area contributed by atoms with Gasteiger partial charge in [0, 0.05) is 30.7 Å². The summed E-state index contributed by atoms with van der Waals surface area (Å²) < 4.78 is 9.00. The van der Waals surface area contributed by atoms with Gasteiger partial charge in [0.05, 0.1) is 37.4 Å². The highest BCUT2D eigenvalue weighted by Crippen LogP contribution is 2.60. The first-order valence-corrected chi connectivity index (χ1v) is 19.9. The Hall–Kier alpha value is -1.84. The van der Waals surface area contributed by atoms with Crippen molar-refractivity contribution in [3.63, 3.8) is 0 Å². The smallest absolute Gasteiger partial charge is 0.264 e. The van der Waals surface area contributed by atoms with E-state index in [2.05, 4.69) is 51.2 Å². The number of aliphatic hydroxyl groups excluding tert-OH is 1. The predicted octanol–water partition coefficient (Wildman–Crippen LogP) is 5.58. The average Bonchev–Trinajstić information content (AvgIpc) is 3.38. The number of aliphatic hydroxyl groups is 1. The van der Waals surface area contributed by atoms with Crippen molar-refractivity contribution >= 4 is 71.0 Å². The third-order valence-corrected chi connectivity index (χ3v) is 13.3. The minimum absolute atomic E-state index is 0.0375. The van der Waals surface area contributed by atoms with Crippen LogP contribution in [0.1, 0.15) is 35.6 Å². The number of fused-ring (bicyclic) bond motifs is 3. The maximum absolute atomic E-state index is 14.6. The van der Waals surface area contributed by atoms with E-state index >= 15 is 0 Å². The Labute approximate surface area is 281 Å². The minimum atomic E-state index is -2.93. The molecule has 10 heteroatoms.